The van der Waals surface area contributed by atoms with E-state index in [2.05, 4.69) is 37.8 Å². The van der Waals surface area contributed by atoms with Gasteiger partial charge in [-0.05, 0) is 30.2 Å². The highest BCUT2D eigenvalue weighted by atomic mass is 127. The quantitative estimate of drug-likeness (QED) is 0.200. The first-order valence-corrected chi connectivity index (χ1v) is 10.7. The predicted molar refractivity (Wildman–Crippen MR) is 136 cm³/mol. The number of guanidine groups is 1. The fourth-order valence-electron chi connectivity index (χ4n) is 3.70. The summed E-state index contributed by atoms with van der Waals surface area (Å²) in [6.45, 7) is 5.66. The average Bonchev–Trinajstić information content (AvgIpc) is 3.34. The third-order valence-electron chi connectivity index (χ3n) is 5.38. The monoisotopic (exact) mass is 558 g/mol. The standard InChI is InChI=1S/C22H34N6O3.HI/c1-23-22(24-8-4-10-28-11-5-9-26-28)25-17-19(27-12-14-31-15-13-27)18-6-7-20(29-2)21(16-18)30-3;/h5-7,9,11,16,19H,4,8,10,12-15,17H2,1-3H3,(H2,23,24,25);1H. The van der Waals surface area contributed by atoms with E-state index in [0.717, 1.165) is 63.3 Å². The van der Waals surface area contributed by atoms with Crippen LogP contribution in [0.2, 0.25) is 0 Å². The third kappa shape index (κ3) is 7.52. The molecule has 10 heteroatoms. The number of aromatic nitrogens is 2. The number of methoxy groups -OCH3 is 2. The number of ether oxygens (including phenoxy) is 3. The Bertz CT molecular complexity index is 812. The molecular formula is C22H35IN6O3. The van der Waals surface area contributed by atoms with Gasteiger partial charge in [0.2, 0.25) is 0 Å². The molecular weight excluding hydrogens is 523 g/mol. The van der Waals surface area contributed by atoms with E-state index in [1.54, 1.807) is 27.5 Å². The van der Waals surface area contributed by atoms with Crippen molar-refractivity contribution in [3.05, 3.63) is 42.2 Å². The van der Waals surface area contributed by atoms with Gasteiger partial charge in [-0.3, -0.25) is 14.6 Å². The normalized spacial score (nSPS) is 15.5. The highest BCUT2D eigenvalue weighted by Crippen LogP contribution is 2.32. The number of hydrogen-bond acceptors (Lipinski definition) is 6. The molecule has 9 nitrogen and oxygen atoms in total. The maximum absolute atomic E-state index is 5.56. The zero-order valence-corrected chi connectivity index (χ0v) is 21.5. The fraction of sp³-hybridized carbons (Fsp3) is 0.545. The first-order valence-electron chi connectivity index (χ1n) is 10.7. The molecule has 1 aromatic heterocycles. The molecule has 1 aliphatic rings. The van der Waals surface area contributed by atoms with Crippen molar-refractivity contribution in [3.63, 3.8) is 0 Å². The fourth-order valence-corrected chi connectivity index (χ4v) is 3.70. The Hall–Kier alpha value is -2.05. The molecule has 1 saturated heterocycles. The minimum absolute atomic E-state index is 0. The van der Waals surface area contributed by atoms with Crippen molar-refractivity contribution in [2.45, 2.75) is 19.0 Å². The van der Waals surface area contributed by atoms with Crippen LogP contribution in [0.3, 0.4) is 0 Å². The molecule has 178 valence electrons. The molecule has 1 fully saturated rings. The molecule has 1 unspecified atom stereocenters. The number of rotatable bonds is 10. The molecule has 0 bridgehead atoms. The van der Waals surface area contributed by atoms with Crippen LogP contribution in [0.4, 0.5) is 0 Å². The van der Waals surface area contributed by atoms with Gasteiger partial charge in [0.25, 0.3) is 0 Å². The second-order valence-electron chi connectivity index (χ2n) is 7.28. The van der Waals surface area contributed by atoms with Crippen LogP contribution in [0.25, 0.3) is 0 Å². The van der Waals surface area contributed by atoms with Crippen LogP contribution >= 0.6 is 24.0 Å². The van der Waals surface area contributed by atoms with Crippen LogP contribution in [0, 0.1) is 0 Å². The lowest BCUT2D eigenvalue weighted by atomic mass is 10.0. The molecule has 2 N–H and O–H groups in total. The minimum atomic E-state index is 0. The molecule has 32 heavy (non-hydrogen) atoms. The number of morpholine rings is 1. The van der Waals surface area contributed by atoms with Crippen molar-refractivity contribution in [1.29, 1.82) is 0 Å². The smallest absolute Gasteiger partial charge is 0.191 e. The first kappa shape index (κ1) is 26.2. The Morgan fingerprint density at radius 1 is 1.19 bits per heavy atom. The molecule has 2 aromatic rings. The Kier molecular flexibility index (Phi) is 11.6. The summed E-state index contributed by atoms with van der Waals surface area (Å²) in [5, 5.41) is 11.1. The molecule has 0 saturated carbocycles. The van der Waals surface area contributed by atoms with Crippen molar-refractivity contribution in [2.24, 2.45) is 4.99 Å². The first-order chi connectivity index (χ1) is 15.2. The van der Waals surface area contributed by atoms with E-state index in [0.29, 0.717) is 6.54 Å². The lowest BCUT2D eigenvalue weighted by molar-refractivity contribution is 0.0169. The summed E-state index contributed by atoms with van der Waals surface area (Å²) in [6.07, 6.45) is 4.74. The number of halogens is 1. The molecule has 3 rings (SSSR count). The minimum Gasteiger partial charge on any atom is -0.493 e. The second kappa shape index (κ2) is 14.2. The van der Waals surface area contributed by atoms with Gasteiger partial charge in [0.05, 0.1) is 33.5 Å². The zero-order chi connectivity index (χ0) is 21.9. The van der Waals surface area contributed by atoms with Crippen molar-refractivity contribution in [2.75, 3.05) is 60.7 Å². The summed E-state index contributed by atoms with van der Waals surface area (Å²) < 4.78 is 18.4. The van der Waals surface area contributed by atoms with E-state index in [9.17, 15) is 0 Å². The summed E-state index contributed by atoms with van der Waals surface area (Å²) in [5.74, 6) is 2.26. The molecule has 0 radical (unpaired) electrons. The van der Waals surface area contributed by atoms with E-state index >= 15 is 0 Å². The van der Waals surface area contributed by atoms with Crippen LogP contribution in [0.15, 0.2) is 41.7 Å². The molecule has 0 amide bonds. The lowest BCUT2D eigenvalue weighted by Gasteiger charge is -2.35. The van der Waals surface area contributed by atoms with Crippen LogP contribution in [0.5, 0.6) is 11.5 Å². The summed E-state index contributed by atoms with van der Waals surface area (Å²) in [7, 11) is 5.11. The van der Waals surface area contributed by atoms with Gasteiger partial charge in [0.15, 0.2) is 17.5 Å². The number of benzene rings is 1. The molecule has 1 aromatic carbocycles. The number of aryl methyl sites for hydroxylation is 1. The van der Waals surface area contributed by atoms with Gasteiger partial charge in [-0.25, -0.2) is 0 Å². The summed E-state index contributed by atoms with van der Waals surface area (Å²) in [5.41, 5.74) is 1.17. The molecule has 1 atom stereocenters. The zero-order valence-electron chi connectivity index (χ0n) is 19.1. The second-order valence-corrected chi connectivity index (χ2v) is 7.28. The van der Waals surface area contributed by atoms with E-state index in [1.165, 1.54) is 5.56 Å². The van der Waals surface area contributed by atoms with E-state index < -0.39 is 0 Å². The van der Waals surface area contributed by atoms with Gasteiger partial charge in [0, 0.05) is 52.2 Å². The van der Waals surface area contributed by atoms with Gasteiger partial charge in [-0.2, -0.15) is 5.10 Å². The van der Waals surface area contributed by atoms with Gasteiger partial charge in [-0.1, -0.05) is 6.07 Å². The summed E-state index contributed by atoms with van der Waals surface area (Å²) >= 11 is 0. The number of nitrogens with zero attached hydrogens (tertiary/aromatic N) is 4. The summed E-state index contributed by atoms with van der Waals surface area (Å²) in [4.78, 5) is 6.81. The Morgan fingerprint density at radius 2 is 1.97 bits per heavy atom. The summed E-state index contributed by atoms with van der Waals surface area (Å²) in [6, 6.07) is 8.22. The topological polar surface area (TPSA) is 85.2 Å². The van der Waals surface area contributed by atoms with E-state index in [1.807, 2.05) is 23.0 Å². The molecule has 2 heterocycles. The van der Waals surface area contributed by atoms with Gasteiger partial charge >= 0.3 is 0 Å². The Labute approximate surface area is 207 Å². The third-order valence-corrected chi connectivity index (χ3v) is 5.38. The average molecular weight is 558 g/mol. The number of aliphatic imine (C=N–C) groups is 1. The lowest BCUT2D eigenvalue weighted by Crippen LogP contribution is -2.46. The van der Waals surface area contributed by atoms with Crippen LogP contribution in [-0.2, 0) is 11.3 Å². The molecule has 0 spiro atoms. The maximum atomic E-state index is 5.56. The highest BCUT2D eigenvalue weighted by Gasteiger charge is 2.24. The van der Waals surface area contributed by atoms with Crippen molar-refractivity contribution >= 4 is 29.9 Å². The number of hydrogen-bond donors (Lipinski definition) is 2. The van der Waals surface area contributed by atoms with Crippen LogP contribution in [-0.4, -0.2) is 81.3 Å². The highest BCUT2D eigenvalue weighted by molar-refractivity contribution is 14.0. The van der Waals surface area contributed by atoms with Crippen molar-refractivity contribution in [3.8, 4) is 11.5 Å². The molecule has 1 aliphatic heterocycles. The maximum Gasteiger partial charge on any atom is 0.191 e. The predicted octanol–water partition coefficient (Wildman–Crippen LogP) is 2.15. The Balaban J connectivity index is 0.00000363. The van der Waals surface area contributed by atoms with Crippen molar-refractivity contribution in [1.82, 2.24) is 25.3 Å². The SMILES string of the molecule is CN=C(NCCCn1cccn1)NCC(c1ccc(OC)c(OC)c1)N1CCOCC1.I. The van der Waals surface area contributed by atoms with Gasteiger partial charge < -0.3 is 24.8 Å². The van der Waals surface area contributed by atoms with Crippen LogP contribution < -0.4 is 20.1 Å². The molecule has 0 aliphatic carbocycles. The largest absolute Gasteiger partial charge is 0.493 e. The number of nitrogens with one attached hydrogen (secondary N) is 2. The van der Waals surface area contributed by atoms with Gasteiger partial charge in [-0.15, -0.1) is 24.0 Å². The van der Waals surface area contributed by atoms with E-state index in [4.69, 9.17) is 14.2 Å². The van der Waals surface area contributed by atoms with Crippen molar-refractivity contribution < 1.29 is 14.2 Å². The van der Waals surface area contributed by atoms with E-state index in [-0.39, 0.29) is 30.0 Å². The van der Waals surface area contributed by atoms with Crippen LogP contribution in [0.1, 0.15) is 18.0 Å². The van der Waals surface area contributed by atoms with Gasteiger partial charge in [0.1, 0.15) is 0 Å². The Morgan fingerprint density at radius 3 is 2.62 bits per heavy atom.